The van der Waals surface area contributed by atoms with Gasteiger partial charge >= 0.3 is 5.97 Å². The van der Waals surface area contributed by atoms with E-state index >= 15 is 0 Å². The number of carbonyl (C=O) groups excluding carboxylic acids is 2. The largest absolute Gasteiger partial charge is 0.460 e. The molecule has 1 aromatic carbocycles. The summed E-state index contributed by atoms with van der Waals surface area (Å²) in [7, 11) is 1.66. The number of imidazole rings is 1. The van der Waals surface area contributed by atoms with Gasteiger partial charge in [-0.2, -0.15) is 0 Å². The molecule has 1 fully saturated rings. The molecule has 4 rings (SSSR count). The lowest BCUT2D eigenvalue weighted by Gasteiger charge is -2.17. The molecule has 1 atom stereocenters. The van der Waals surface area contributed by atoms with Crippen LogP contribution < -0.4 is 0 Å². The summed E-state index contributed by atoms with van der Waals surface area (Å²) >= 11 is 0. The molecule has 1 amide bonds. The third-order valence-corrected chi connectivity index (χ3v) is 5.63. The molecule has 156 valence electrons. The van der Waals surface area contributed by atoms with Crippen molar-refractivity contribution in [2.45, 2.75) is 44.8 Å². The van der Waals surface area contributed by atoms with Crippen LogP contribution in [0, 0.1) is 11.8 Å². The van der Waals surface area contributed by atoms with Crippen molar-refractivity contribution in [3.05, 3.63) is 41.3 Å². The highest BCUT2D eigenvalue weighted by molar-refractivity contribution is 5.90. The first-order chi connectivity index (χ1) is 14.4. The van der Waals surface area contributed by atoms with Crippen LogP contribution in [-0.2, 0) is 22.5 Å². The molecular weight excluding hydrogens is 382 g/mol. The number of aliphatic hydroxyl groups is 1. The molecule has 1 aromatic heterocycles. The molecule has 0 saturated carbocycles. The first-order valence-electron chi connectivity index (χ1n) is 10.3. The summed E-state index contributed by atoms with van der Waals surface area (Å²) in [4.78, 5) is 30.6. The zero-order valence-electron chi connectivity index (χ0n) is 17.3. The molecule has 1 saturated heterocycles. The molecule has 0 bridgehead atoms. The van der Waals surface area contributed by atoms with E-state index in [9.17, 15) is 14.7 Å². The topological polar surface area (TPSA) is 84.7 Å². The van der Waals surface area contributed by atoms with Crippen LogP contribution >= 0.6 is 0 Å². The fourth-order valence-electron chi connectivity index (χ4n) is 4.02. The average molecular weight is 407 g/mol. The summed E-state index contributed by atoms with van der Waals surface area (Å²) < 4.78 is 7.15. The average Bonchev–Trinajstić information content (AvgIpc) is 3.27. The van der Waals surface area contributed by atoms with E-state index in [0.717, 1.165) is 42.8 Å². The number of esters is 1. The Morgan fingerprint density at radius 3 is 2.90 bits per heavy atom. The Balaban J connectivity index is 1.69. The van der Waals surface area contributed by atoms with Crippen LogP contribution in [0.1, 0.15) is 48.1 Å². The highest BCUT2D eigenvalue weighted by atomic mass is 16.5. The predicted molar refractivity (Wildman–Crippen MR) is 111 cm³/mol. The molecule has 7 nitrogen and oxygen atoms in total. The van der Waals surface area contributed by atoms with Gasteiger partial charge in [0.15, 0.2) is 0 Å². The molecule has 2 aliphatic rings. The molecule has 1 N–H and O–H groups in total. The van der Waals surface area contributed by atoms with Gasteiger partial charge in [-0.3, -0.25) is 4.79 Å². The minimum Gasteiger partial charge on any atom is -0.460 e. The van der Waals surface area contributed by atoms with Crippen LogP contribution in [-0.4, -0.2) is 57.2 Å². The maximum absolute atomic E-state index is 12.4. The van der Waals surface area contributed by atoms with Crippen molar-refractivity contribution in [1.29, 1.82) is 0 Å². The summed E-state index contributed by atoms with van der Waals surface area (Å²) in [5.74, 6) is 5.26. The monoisotopic (exact) mass is 407 g/mol. The SMILES string of the molecule is CCOC(=O)c1nc(-c2cccc(C#C[C@]3(O)CCN(C)C3=O)c2)c2n1CCCC2. The summed E-state index contributed by atoms with van der Waals surface area (Å²) in [6.07, 6.45) is 3.19. The Hall–Kier alpha value is -3.11. The molecule has 3 heterocycles. The number of likely N-dealkylation sites (tertiary alicyclic amines) is 1. The highest BCUT2D eigenvalue weighted by Gasteiger charge is 2.42. The Labute approximate surface area is 175 Å². The van der Waals surface area contributed by atoms with Crippen LogP contribution in [0.25, 0.3) is 11.3 Å². The Bertz CT molecular complexity index is 1060. The van der Waals surface area contributed by atoms with E-state index in [1.165, 1.54) is 4.90 Å². The lowest BCUT2D eigenvalue weighted by molar-refractivity contribution is -0.137. The summed E-state index contributed by atoms with van der Waals surface area (Å²) in [5, 5.41) is 10.5. The van der Waals surface area contributed by atoms with Crippen molar-refractivity contribution in [1.82, 2.24) is 14.5 Å². The van der Waals surface area contributed by atoms with Crippen molar-refractivity contribution >= 4 is 11.9 Å². The molecule has 30 heavy (non-hydrogen) atoms. The van der Waals surface area contributed by atoms with E-state index in [2.05, 4.69) is 16.8 Å². The molecular formula is C23H25N3O4. The normalized spacial score (nSPS) is 20.5. The Morgan fingerprint density at radius 2 is 2.17 bits per heavy atom. The molecule has 2 aliphatic heterocycles. The van der Waals surface area contributed by atoms with Crippen LogP contribution in [0.4, 0.5) is 0 Å². The number of likely N-dealkylation sites (N-methyl/N-ethyl adjacent to an activating group) is 1. The van der Waals surface area contributed by atoms with Gasteiger partial charge < -0.3 is 19.3 Å². The number of ether oxygens (including phenoxy) is 1. The van der Waals surface area contributed by atoms with Gasteiger partial charge in [0.2, 0.25) is 11.4 Å². The van der Waals surface area contributed by atoms with Crippen molar-refractivity contribution < 1.29 is 19.4 Å². The molecule has 7 heteroatoms. The van der Waals surface area contributed by atoms with Crippen LogP contribution in [0.15, 0.2) is 24.3 Å². The zero-order chi connectivity index (χ0) is 21.3. The smallest absolute Gasteiger partial charge is 0.374 e. The fourth-order valence-corrected chi connectivity index (χ4v) is 4.02. The number of hydrogen-bond acceptors (Lipinski definition) is 5. The van der Waals surface area contributed by atoms with Gasteiger partial charge in [0.25, 0.3) is 5.91 Å². The minimum atomic E-state index is -1.63. The Morgan fingerprint density at radius 1 is 1.33 bits per heavy atom. The standard InChI is InChI=1S/C23H25N3O4/c1-3-30-21(27)20-24-19(18-9-4-5-13-26(18)20)17-8-6-7-16(15-17)10-11-23(29)12-14-25(2)22(23)28/h6-8,15,29H,3-5,9,12-14H2,1-2H3/t23-/m0/s1. The van der Waals surface area contributed by atoms with E-state index in [-0.39, 0.29) is 5.91 Å². The number of fused-ring (bicyclic) bond motifs is 1. The quantitative estimate of drug-likeness (QED) is 0.622. The highest BCUT2D eigenvalue weighted by Crippen LogP contribution is 2.30. The summed E-state index contributed by atoms with van der Waals surface area (Å²) in [6, 6.07) is 7.51. The number of benzene rings is 1. The molecule has 0 spiro atoms. The fraction of sp³-hybridized carbons (Fsp3) is 0.435. The van der Waals surface area contributed by atoms with Gasteiger partial charge in [-0.1, -0.05) is 24.0 Å². The van der Waals surface area contributed by atoms with Crippen LogP contribution in [0.5, 0.6) is 0 Å². The van der Waals surface area contributed by atoms with Gasteiger partial charge in [-0.05, 0) is 38.3 Å². The number of aromatic nitrogens is 2. The zero-order valence-corrected chi connectivity index (χ0v) is 17.3. The lowest BCUT2D eigenvalue weighted by atomic mass is 10.0. The maximum atomic E-state index is 12.4. The number of nitrogens with zero attached hydrogens (tertiary/aromatic N) is 3. The van der Waals surface area contributed by atoms with Gasteiger partial charge in [0.05, 0.1) is 12.3 Å². The van der Waals surface area contributed by atoms with Gasteiger partial charge in [0.1, 0.15) is 0 Å². The number of rotatable bonds is 3. The molecule has 0 radical (unpaired) electrons. The first kappa shape index (κ1) is 20.2. The second-order valence-electron chi connectivity index (χ2n) is 7.73. The number of carbonyl (C=O) groups is 2. The van der Waals surface area contributed by atoms with Crippen LogP contribution in [0.3, 0.4) is 0 Å². The van der Waals surface area contributed by atoms with Crippen molar-refractivity contribution in [3.63, 3.8) is 0 Å². The lowest BCUT2D eigenvalue weighted by Crippen LogP contribution is -2.37. The second kappa shape index (κ2) is 7.96. The maximum Gasteiger partial charge on any atom is 0.374 e. The van der Waals surface area contributed by atoms with Gasteiger partial charge in [-0.15, -0.1) is 0 Å². The summed E-state index contributed by atoms with van der Waals surface area (Å²) in [5.41, 5.74) is 1.69. The summed E-state index contributed by atoms with van der Waals surface area (Å²) in [6.45, 7) is 3.32. The molecule has 0 aliphatic carbocycles. The van der Waals surface area contributed by atoms with E-state index in [0.29, 0.717) is 31.0 Å². The predicted octanol–water partition coefficient (Wildman–Crippen LogP) is 2.01. The van der Waals surface area contributed by atoms with E-state index in [1.54, 1.807) is 14.0 Å². The molecule has 0 unspecified atom stereocenters. The minimum absolute atomic E-state index is 0.298. The number of hydrogen-bond donors (Lipinski definition) is 1. The van der Waals surface area contributed by atoms with E-state index < -0.39 is 11.6 Å². The van der Waals surface area contributed by atoms with Crippen molar-refractivity contribution in [3.8, 4) is 23.1 Å². The van der Waals surface area contributed by atoms with Gasteiger partial charge in [0, 0.05) is 43.4 Å². The van der Waals surface area contributed by atoms with Crippen LogP contribution in [0.2, 0.25) is 0 Å². The van der Waals surface area contributed by atoms with Gasteiger partial charge in [-0.25, -0.2) is 9.78 Å². The van der Waals surface area contributed by atoms with E-state index in [4.69, 9.17) is 4.74 Å². The Kier molecular flexibility index (Phi) is 5.35. The number of amides is 1. The third-order valence-electron chi connectivity index (χ3n) is 5.63. The van der Waals surface area contributed by atoms with Crippen molar-refractivity contribution in [2.24, 2.45) is 0 Å². The first-order valence-corrected chi connectivity index (χ1v) is 10.3. The molecule has 2 aromatic rings. The second-order valence-corrected chi connectivity index (χ2v) is 7.73. The third kappa shape index (κ3) is 3.59. The van der Waals surface area contributed by atoms with E-state index in [1.807, 2.05) is 28.8 Å². The van der Waals surface area contributed by atoms with Crippen molar-refractivity contribution in [2.75, 3.05) is 20.2 Å².